The molecular formula is C13H18N4O2S. The van der Waals surface area contributed by atoms with Crippen LogP contribution in [0, 0.1) is 13.8 Å². The van der Waals surface area contributed by atoms with Crippen LogP contribution in [0.15, 0.2) is 11.0 Å². The van der Waals surface area contributed by atoms with Crippen molar-refractivity contribution >= 4 is 22.9 Å². The Labute approximate surface area is 121 Å². The van der Waals surface area contributed by atoms with Gasteiger partial charge in [0.25, 0.3) is 0 Å². The van der Waals surface area contributed by atoms with Crippen molar-refractivity contribution in [2.24, 2.45) is 7.05 Å². The summed E-state index contributed by atoms with van der Waals surface area (Å²) in [6.45, 7) is 5.75. The van der Waals surface area contributed by atoms with Gasteiger partial charge in [0.15, 0.2) is 0 Å². The maximum absolute atomic E-state index is 12.1. The van der Waals surface area contributed by atoms with E-state index < -0.39 is 0 Å². The molecule has 2 aromatic rings. The Hall–Kier alpha value is -1.89. The normalized spacial score (nSPS) is 10.8. The second kappa shape index (κ2) is 5.62. The van der Waals surface area contributed by atoms with Crippen molar-refractivity contribution in [3.63, 3.8) is 0 Å². The zero-order chi connectivity index (χ0) is 14.9. The summed E-state index contributed by atoms with van der Waals surface area (Å²) < 4.78 is 3.16. The van der Waals surface area contributed by atoms with Crippen molar-refractivity contribution in [2.75, 3.05) is 5.32 Å². The van der Waals surface area contributed by atoms with Crippen LogP contribution in [-0.4, -0.2) is 20.3 Å². The summed E-state index contributed by atoms with van der Waals surface area (Å²) >= 11 is 1.17. The zero-order valence-corrected chi connectivity index (χ0v) is 12.9. The lowest BCUT2D eigenvalue weighted by Gasteiger charge is -2.06. The van der Waals surface area contributed by atoms with E-state index in [4.69, 9.17) is 0 Å². The smallest absolute Gasteiger partial charge is 0.308 e. The highest BCUT2D eigenvalue weighted by Gasteiger charge is 2.14. The quantitative estimate of drug-likeness (QED) is 0.928. The third-order valence-electron chi connectivity index (χ3n) is 3.19. The van der Waals surface area contributed by atoms with E-state index >= 15 is 0 Å². The van der Waals surface area contributed by atoms with Crippen LogP contribution in [0.5, 0.6) is 0 Å². The van der Waals surface area contributed by atoms with Gasteiger partial charge in [-0.2, -0.15) is 5.10 Å². The molecule has 2 heterocycles. The van der Waals surface area contributed by atoms with E-state index in [0.717, 1.165) is 22.7 Å². The van der Waals surface area contributed by atoms with Crippen LogP contribution in [0.4, 0.5) is 5.69 Å². The molecule has 1 amide bonds. The van der Waals surface area contributed by atoms with E-state index in [9.17, 15) is 9.59 Å². The minimum Gasteiger partial charge on any atom is -0.322 e. The van der Waals surface area contributed by atoms with Crippen LogP contribution in [0.1, 0.15) is 23.2 Å². The first kappa shape index (κ1) is 14.5. The van der Waals surface area contributed by atoms with E-state index in [2.05, 4.69) is 10.4 Å². The first-order valence-corrected chi connectivity index (χ1v) is 7.23. The van der Waals surface area contributed by atoms with Crippen molar-refractivity contribution in [3.8, 4) is 0 Å². The molecule has 0 aliphatic rings. The molecule has 0 unspecified atom stereocenters. The van der Waals surface area contributed by atoms with Gasteiger partial charge in [0.1, 0.15) is 6.54 Å². The first-order valence-electron chi connectivity index (χ1n) is 6.41. The number of amides is 1. The molecule has 0 fully saturated rings. The number of carbonyl (C=O) groups excluding carboxylic acids is 1. The second-order valence-electron chi connectivity index (χ2n) is 4.66. The van der Waals surface area contributed by atoms with Gasteiger partial charge in [-0.05, 0) is 20.3 Å². The summed E-state index contributed by atoms with van der Waals surface area (Å²) in [7, 11) is 1.81. The van der Waals surface area contributed by atoms with Crippen LogP contribution in [0.3, 0.4) is 0 Å². The molecule has 2 aromatic heterocycles. The fourth-order valence-electron chi connectivity index (χ4n) is 2.00. The average Bonchev–Trinajstić information content (AvgIpc) is 2.84. The fraction of sp³-hybridized carbons (Fsp3) is 0.462. The van der Waals surface area contributed by atoms with Crippen LogP contribution in [-0.2, 0) is 24.8 Å². The van der Waals surface area contributed by atoms with E-state index in [1.165, 1.54) is 15.9 Å². The van der Waals surface area contributed by atoms with Gasteiger partial charge in [-0.1, -0.05) is 18.3 Å². The Balaban J connectivity index is 2.15. The highest BCUT2D eigenvalue weighted by atomic mass is 32.1. The van der Waals surface area contributed by atoms with Gasteiger partial charge in [0.05, 0.1) is 11.4 Å². The lowest BCUT2D eigenvalue weighted by molar-refractivity contribution is -0.116. The van der Waals surface area contributed by atoms with Gasteiger partial charge < -0.3 is 5.32 Å². The lowest BCUT2D eigenvalue weighted by Crippen LogP contribution is -2.25. The molecule has 0 bridgehead atoms. The maximum atomic E-state index is 12.1. The third kappa shape index (κ3) is 2.82. The average molecular weight is 294 g/mol. The van der Waals surface area contributed by atoms with Crippen molar-refractivity contribution in [1.29, 1.82) is 0 Å². The van der Waals surface area contributed by atoms with E-state index in [0.29, 0.717) is 5.69 Å². The minimum atomic E-state index is -0.212. The number of hydrogen-bond acceptors (Lipinski definition) is 4. The van der Waals surface area contributed by atoms with Gasteiger partial charge >= 0.3 is 4.87 Å². The number of nitrogens with zero attached hydrogens (tertiary/aromatic N) is 3. The number of hydrogen-bond donors (Lipinski definition) is 1. The topological polar surface area (TPSA) is 68.9 Å². The number of aryl methyl sites for hydroxylation is 3. The third-order valence-corrected chi connectivity index (χ3v) is 4.19. The molecule has 0 saturated heterocycles. The number of thiazole rings is 1. The summed E-state index contributed by atoms with van der Waals surface area (Å²) in [5, 5.41) is 7.08. The molecule has 0 aliphatic heterocycles. The van der Waals surface area contributed by atoms with Crippen LogP contribution >= 0.6 is 11.3 Å². The Bertz CT molecular complexity index is 696. The Morgan fingerprint density at radius 2 is 2.15 bits per heavy atom. The molecule has 0 spiro atoms. The monoisotopic (exact) mass is 294 g/mol. The molecule has 2 rings (SSSR count). The molecule has 0 radical (unpaired) electrons. The van der Waals surface area contributed by atoms with Gasteiger partial charge in [-0.3, -0.25) is 18.8 Å². The summed E-state index contributed by atoms with van der Waals surface area (Å²) in [5.74, 6) is -0.212. The summed E-state index contributed by atoms with van der Waals surface area (Å²) in [5.41, 5.74) is 2.39. The van der Waals surface area contributed by atoms with Gasteiger partial charge in [0.2, 0.25) is 5.91 Å². The van der Waals surface area contributed by atoms with Crippen LogP contribution < -0.4 is 10.2 Å². The van der Waals surface area contributed by atoms with Gasteiger partial charge in [-0.25, -0.2) is 0 Å². The Kier molecular flexibility index (Phi) is 4.08. The van der Waals surface area contributed by atoms with Crippen molar-refractivity contribution < 1.29 is 4.79 Å². The van der Waals surface area contributed by atoms with Crippen LogP contribution in [0.2, 0.25) is 0 Å². The molecule has 0 aromatic carbocycles. The van der Waals surface area contributed by atoms with Crippen molar-refractivity contribution in [1.82, 2.24) is 14.3 Å². The highest BCUT2D eigenvalue weighted by molar-refractivity contribution is 7.09. The summed E-state index contributed by atoms with van der Waals surface area (Å²) in [4.78, 5) is 24.7. The molecule has 1 N–H and O–H groups in total. The van der Waals surface area contributed by atoms with Gasteiger partial charge in [-0.15, -0.1) is 0 Å². The van der Waals surface area contributed by atoms with Crippen LogP contribution in [0.25, 0.3) is 0 Å². The molecular weight excluding hydrogens is 276 g/mol. The molecule has 108 valence electrons. The molecule has 6 nitrogen and oxygen atoms in total. The standard InChI is InChI=1S/C13H18N4O2S/c1-5-10-11(6-16(4)15-10)14-12(18)7-17-8(2)9(3)20-13(17)19/h6H,5,7H2,1-4H3,(H,14,18). The summed E-state index contributed by atoms with van der Waals surface area (Å²) in [6.07, 6.45) is 2.51. The molecule has 0 aliphatic carbocycles. The number of carbonyl (C=O) groups is 1. The SMILES string of the molecule is CCc1nn(C)cc1NC(=O)Cn1c(C)c(C)sc1=O. The molecule has 7 heteroatoms. The Morgan fingerprint density at radius 3 is 2.70 bits per heavy atom. The van der Waals surface area contributed by atoms with Crippen molar-refractivity contribution in [2.45, 2.75) is 33.7 Å². The maximum Gasteiger partial charge on any atom is 0.308 e. The van der Waals surface area contributed by atoms with E-state index in [1.54, 1.807) is 10.9 Å². The van der Waals surface area contributed by atoms with Crippen molar-refractivity contribution in [3.05, 3.63) is 32.1 Å². The molecule has 0 atom stereocenters. The number of nitrogens with one attached hydrogen (secondary N) is 1. The number of anilines is 1. The van der Waals surface area contributed by atoms with E-state index in [-0.39, 0.29) is 17.3 Å². The number of aromatic nitrogens is 3. The van der Waals surface area contributed by atoms with E-state index in [1.807, 2.05) is 27.8 Å². The minimum absolute atomic E-state index is 0.0348. The predicted octanol–water partition coefficient (Wildman–Crippen LogP) is 1.46. The molecule has 20 heavy (non-hydrogen) atoms. The molecule has 0 saturated carbocycles. The largest absolute Gasteiger partial charge is 0.322 e. The predicted molar refractivity (Wildman–Crippen MR) is 79.3 cm³/mol. The van der Waals surface area contributed by atoms with Gasteiger partial charge in [0, 0.05) is 23.8 Å². The first-order chi connectivity index (χ1) is 9.42. The number of rotatable bonds is 4. The fourth-order valence-corrected chi connectivity index (χ4v) is 2.83. The second-order valence-corrected chi connectivity index (χ2v) is 5.83. The Morgan fingerprint density at radius 1 is 1.45 bits per heavy atom. The summed E-state index contributed by atoms with van der Waals surface area (Å²) in [6, 6.07) is 0. The lowest BCUT2D eigenvalue weighted by atomic mass is 10.3. The zero-order valence-electron chi connectivity index (χ0n) is 12.1. The highest BCUT2D eigenvalue weighted by Crippen LogP contribution is 2.14.